The first-order chi connectivity index (χ1) is 7.95. The first-order valence-electron chi connectivity index (χ1n) is 4.97. The number of anilines is 1. The van der Waals surface area contributed by atoms with Gasteiger partial charge < -0.3 is 25.4 Å². The number of aliphatic hydroxyl groups is 1. The van der Waals surface area contributed by atoms with Crippen molar-refractivity contribution >= 4 is 11.7 Å². The summed E-state index contributed by atoms with van der Waals surface area (Å²) in [5, 5.41) is 18.0. The van der Waals surface area contributed by atoms with Gasteiger partial charge in [0.25, 0.3) is 0 Å². The van der Waals surface area contributed by atoms with Crippen LogP contribution in [0.4, 0.5) is 5.69 Å². The van der Waals surface area contributed by atoms with Crippen molar-refractivity contribution in [2.24, 2.45) is 0 Å². The number of aliphatic hydroxyl groups excluding tert-OH is 1. The molecule has 94 valence electrons. The molecule has 0 aliphatic rings. The van der Waals surface area contributed by atoms with Crippen LogP contribution in [0.15, 0.2) is 12.1 Å². The highest BCUT2D eigenvalue weighted by Crippen LogP contribution is 2.32. The van der Waals surface area contributed by atoms with E-state index in [1.807, 2.05) is 0 Å². The van der Waals surface area contributed by atoms with E-state index < -0.39 is 12.1 Å². The second kappa shape index (κ2) is 5.40. The number of rotatable bonds is 5. The Morgan fingerprint density at radius 3 is 2.59 bits per heavy atom. The first kappa shape index (κ1) is 13.1. The molecular formula is C11H15NO5. The molecule has 0 bridgehead atoms. The van der Waals surface area contributed by atoms with Crippen molar-refractivity contribution in [3.8, 4) is 11.5 Å². The van der Waals surface area contributed by atoms with Crippen LogP contribution in [0.1, 0.15) is 17.3 Å². The molecule has 0 radical (unpaired) electrons. The molecule has 1 atom stereocenters. The van der Waals surface area contributed by atoms with Crippen LogP contribution in [-0.4, -0.2) is 36.0 Å². The Hall–Kier alpha value is -1.95. The first-order valence-corrected chi connectivity index (χ1v) is 4.97. The molecule has 0 heterocycles. The summed E-state index contributed by atoms with van der Waals surface area (Å²) >= 11 is 0. The highest BCUT2D eigenvalue weighted by atomic mass is 16.5. The van der Waals surface area contributed by atoms with Gasteiger partial charge in [0.15, 0.2) is 11.5 Å². The summed E-state index contributed by atoms with van der Waals surface area (Å²) in [6.07, 6.45) is -0.662. The summed E-state index contributed by atoms with van der Waals surface area (Å²) in [6.45, 7) is 1.60. The topological polar surface area (TPSA) is 102 Å². The van der Waals surface area contributed by atoms with Gasteiger partial charge in [-0.1, -0.05) is 0 Å². The number of benzene rings is 1. The van der Waals surface area contributed by atoms with E-state index in [0.717, 1.165) is 0 Å². The van der Waals surface area contributed by atoms with E-state index in [1.54, 1.807) is 6.92 Å². The lowest BCUT2D eigenvalue weighted by molar-refractivity contribution is 0.0697. The molecule has 1 aromatic carbocycles. The average Bonchev–Trinajstić information content (AvgIpc) is 2.26. The standard InChI is InChI=1S/C11H15NO5/c1-6(13)5-17-10-3-7(11(14)15)8(12)4-9(10)16-2/h3-4,6,13H,5,12H2,1-2H3,(H,14,15). The van der Waals surface area contributed by atoms with Gasteiger partial charge in [0.2, 0.25) is 0 Å². The zero-order chi connectivity index (χ0) is 13.0. The molecule has 6 nitrogen and oxygen atoms in total. The number of hydrogen-bond acceptors (Lipinski definition) is 5. The number of methoxy groups -OCH3 is 1. The van der Waals surface area contributed by atoms with Crippen LogP contribution in [0.3, 0.4) is 0 Å². The van der Waals surface area contributed by atoms with Crippen molar-refractivity contribution in [1.82, 2.24) is 0 Å². The van der Waals surface area contributed by atoms with Gasteiger partial charge in [-0.2, -0.15) is 0 Å². The molecule has 0 saturated carbocycles. The van der Waals surface area contributed by atoms with Crippen LogP contribution in [0.25, 0.3) is 0 Å². The summed E-state index contributed by atoms with van der Waals surface area (Å²) in [4.78, 5) is 10.9. The second-order valence-electron chi connectivity index (χ2n) is 3.56. The Morgan fingerprint density at radius 2 is 2.12 bits per heavy atom. The van der Waals surface area contributed by atoms with Crippen molar-refractivity contribution in [1.29, 1.82) is 0 Å². The highest BCUT2D eigenvalue weighted by molar-refractivity contribution is 5.94. The van der Waals surface area contributed by atoms with Crippen molar-refractivity contribution in [2.45, 2.75) is 13.0 Å². The number of ether oxygens (including phenoxy) is 2. The minimum absolute atomic E-state index is 0.0410. The van der Waals surface area contributed by atoms with Gasteiger partial charge in [0.05, 0.1) is 24.5 Å². The maximum Gasteiger partial charge on any atom is 0.337 e. The molecule has 4 N–H and O–H groups in total. The average molecular weight is 241 g/mol. The minimum Gasteiger partial charge on any atom is -0.493 e. The van der Waals surface area contributed by atoms with E-state index in [2.05, 4.69) is 0 Å². The SMILES string of the molecule is COc1cc(N)c(C(=O)O)cc1OCC(C)O. The molecular weight excluding hydrogens is 226 g/mol. The van der Waals surface area contributed by atoms with Gasteiger partial charge in [-0.15, -0.1) is 0 Å². The van der Waals surface area contributed by atoms with Crippen molar-refractivity contribution in [2.75, 3.05) is 19.5 Å². The molecule has 0 saturated heterocycles. The maximum absolute atomic E-state index is 10.9. The normalized spacial score (nSPS) is 11.9. The Morgan fingerprint density at radius 1 is 1.47 bits per heavy atom. The van der Waals surface area contributed by atoms with Crippen molar-refractivity contribution in [3.05, 3.63) is 17.7 Å². The fourth-order valence-electron chi connectivity index (χ4n) is 1.24. The smallest absolute Gasteiger partial charge is 0.337 e. The molecule has 1 unspecified atom stereocenters. The van der Waals surface area contributed by atoms with Crippen LogP contribution in [0.2, 0.25) is 0 Å². The number of nitrogens with two attached hydrogens (primary N) is 1. The van der Waals surface area contributed by atoms with Gasteiger partial charge in [-0.05, 0) is 6.92 Å². The van der Waals surface area contributed by atoms with E-state index in [1.165, 1.54) is 19.2 Å². The predicted octanol–water partition coefficient (Wildman–Crippen LogP) is 0.735. The Kier molecular flexibility index (Phi) is 4.17. The lowest BCUT2D eigenvalue weighted by atomic mass is 10.1. The number of hydrogen-bond donors (Lipinski definition) is 3. The molecule has 6 heteroatoms. The molecule has 0 spiro atoms. The fourth-order valence-corrected chi connectivity index (χ4v) is 1.24. The van der Waals surface area contributed by atoms with Crippen LogP contribution in [-0.2, 0) is 0 Å². The van der Waals surface area contributed by atoms with Gasteiger partial charge in [-0.25, -0.2) is 4.79 Å². The van der Waals surface area contributed by atoms with E-state index in [9.17, 15) is 4.79 Å². The zero-order valence-electron chi connectivity index (χ0n) is 9.64. The van der Waals surface area contributed by atoms with Gasteiger partial charge in [0.1, 0.15) is 6.61 Å². The lowest BCUT2D eigenvalue weighted by Crippen LogP contribution is -2.14. The van der Waals surface area contributed by atoms with E-state index in [-0.39, 0.29) is 23.6 Å². The molecule has 0 aliphatic heterocycles. The number of carboxylic acid groups (broad SMARTS) is 1. The Bertz CT molecular complexity index is 417. The molecule has 0 aromatic heterocycles. The predicted molar refractivity (Wildman–Crippen MR) is 61.5 cm³/mol. The maximum atomic E-state index is 10.9. The fraction of sp³-hybridized carbons (Fsp3) is 0.364. The van der Waals surface area contributed by atoms with E-state index >= 15 is 0 Å². The summed E-state index contributed by atoms with van der Waals surface area (Å²) in [5.41, 5.74) is 5.59. The van der Waals surface area contributed by atoms with Gasteiger partial charge in [-0.3, -0.25) is 0 Å². The van der Waals surface area contributed by atoms with E-state index in [0.29, 0.717) is 5.75 Å². The monoisotopic (exact) mass is 241 g/mol. The third-order valence-electron chi connectivity index (χ3n) is 2.05. The third kappa shape index (κ3) is 3.25. The van der Waals surface area contributed by atoms with Crippen molar-refractivity contribution < 1.29 is 24.5 Å². The van der Waals surface area contributed by atoms with Gasteiger partial charge in [0, 0.05) is 12.1 Å². The van der Waals surface area contributed by atoms with Crippen molar-refractivity contribution in [3.63, 3.8) is 0 Å². The summed E-state index contributed by atoms with van der Waals surface area (Å²) in [7, 11) is 1.42. The zero-order valence-corrected chi connectivity index (χ0v) is 9.64. The minimum atomic E-state index is -1.15. The van der Waals surface area contributed by atoms with Crippen LogP contribution in [0, 0.1) is 0 Å². The largest absolute Gasteiger partial charge is 0.493 e. The molecule has 1 aromatic rings. The molecule has 1 rings (SSSR count). The number of carbonyl (C=O) groups is 1. The van der Waals surface area contributed by atoms with E-state index in [4.69, 9.17) is 25.4 Å². The molecule has 17 heavy (non-hydrogen) atoms. The Labute approximate surface area is 98.6 Å². The summed E-state index contributed by atoms with van der Waals surface area (Å²) in [6, 6.07) is 2.65. The van der Waals surface area contributed by atoms with Crippen LogP contribution >= 0.6 is 0 Å². The molecule has 0 fully saturated rings. The Balaban J connectivity index is 3.08. The molecule has 0 amide bonds. The number of nitrogen functional groups attached to an aromatic ring is 1. The second-order valence-corrected chi connectivity index (χ2v) is 3.56. The number of aromatic carboxylic acids is 1. The summed E-state index contributed by atoms with van der Waals surface area (Å²) in [5.74, 6) is -0.583. The summed E-state index contributed by atoms with van der Waals surface area (Å²) < 4.78 is 10.3. The van der Waals surface area contributed by atoms with Crippen LogP contribution in [0.5, 0.6) is 11.5 Å². The third-order valence-corrected chi connectivity index (χ3v) is 2.05. The number of carboxylic acids is 1. The highest BCUT2D eigenvalue weighted by Gasteiger charge is 2.15. The quantitative estimate of drug-likeness (QED) is 0.657. The van der Waals surface area contributed by atoms with Crippen LogP contribution < -0.4 is 15.2 Å². The molecule has 0 aliphatic carbocycles. The lowest BCUT2D eigenvalue weighted by Gasteiger charge is -2.13. The van der Waals surface area contributed by atoms with Gasteiger partial charge >= 0.3 is 5.97 Å².